The second kappa shape index (κ2) is 7.67. The molecule has 22 heavy (non-hydrogen) atoms. The van der Waals surface area contributed by atoms with Crippen molar-refractivity contribution < 1.29 is 19.1 Å². The molecule has 0 aromatic heterocycles. The number of imide groups is 1. The van der Waals surface area contributed by atoms with Gasteiger partial charge in [-0.15, -0.1) is 0 Å². The average molecular weight is 328 g/mol. The molecule has 0 bridgehead atoms. The molecule has 0 aromatic rings. The molecule has 1 rings (SSSR count). The van der Waals surface area contributed by atoms with Gasteiger partial charge in [0.2, 0.25) is 5.91 Å². The van der Waals surface area contributed by atoms with Gasteiger partial charge in [-0.1, -0.05) is 33.0 Å². The average Bonchev–Trinajstić information content (AvgIpc) is 2.44. The molecular formula is C15H24N2O4S. The zero-order valence-electron chi connectivity index (χ0n) is 13.6. The molecule has 1 aliphatic rings. The number of ether oxygens (including phenoxy) is 1. The maximum absolute atomic E-state index is 12.8. The van der Waals surface area contributed by atoms with Crippen LogP contribution in [-0.4, -0.2) is 40.9 Å². The highest BCUT2D eigenvalue weighted by molar-refractivity contribution is 7.80. The highest BCUT2D eigenvalue weighted by Gasteiger charge is 2.50. The van der Waals surface area contributed by atoms with E-state index in [4.69, 9.17) is 17.0 Å². The van der Waals surface area contributed by atoms with Gasteiger partial charge in [0.15, 0.2) is 0 Å². The molecule has 1 atom stereocenters. The predicted molar refractivity (Wildman–Crippen MR) is 86.3 cm³/mol. The van der Waals surface area contributed by atoms with E-state index in [0.717, 1.165) is 11.3 Å². The van der Waals surface area contributed by atoms with Crippen LogP contribution in [0, 0.1) is 11.3 Å². The minimum absolute atomic E-state index is 0.202. The number of esters is 1. The van der Waals surface area contributed by atoms with Crippen LogP contribution < -0.4 is 5.32 Å². The summed E-state index contributed by atoms with van der Waals surface area (Å²) in [5.74, 6) is -0.597. The lowest BCUT2D eigenvalue weighted by molar-refractivity contribution is -0.149. The van der Waals surface area contributed by atoms with Gasteiger partial charge in [0.05, 0.1) is 11.6 Å². The molecule has 0 radical (unpaired) electrons. The Bertz CT molecular complexity index is 478. The highest BCUT2D eigenvalue weighted by Crippen LogP contribution is 2.36. The zero-order valence-corrected chi connectivity index (χ0v) is 14.4. The number of nitrogens with zero attached hydrogens (tertiary/aromatic N) is 1. The molecule has 0 aliphatic carbocycles. The first kappa shape index (κ1) is 18.5. The van der Waals surface area contributed by atoms with Crippen LogP contribution in [0.25, 0.3) is 0 Å². The minimum Gasteiger partial charge on any atom is -0.465 e. The van der Waals surface area contributed by atoms with Crippen molar-refractivity contribution in [3.8, 4) is 0 Å². The lowest BCUT2D eigenvalue weighted by atomic mass is 9.76. The first-order chi connectivity index (χ1) is 10.3. The van der Waals surface area contributed by atoms with Gasteiger partial charge in [-0.25, -0.2) is 4.79 Å². The van der Waals surface area contributed by atoms with Crippen molar-refractivity contribution in [2.24, 2.45) is 11.3 Å². The van der Waals surface area contributed by atoms with Crippen LogP contribution in [0.5, 0.6) is 0 Å². The van der Waals surface area contributed by atoms with E-state index in [2.05, 4.69) is 19.2 Å². The van der Waals surface area contributed by atoms with E-state index in [1.165, 1.54) is 0 Å². The van der Waals surface area contributed by atoms with E-state index in [-0.39, 0.29) is 18.1 Å². The number of rotatable bonds is 7. The van der Waals surface area contributed by atoms with Crippen LogP contribution in [0.15, 0.2) is 0 Å². The summed E-state index contributed by atoms with van der Waals surface area (Å²) in [6.07, 6.45) is 1.85. The van der Waals surface area contributed by atoms with E-state index in [0.29, 0.717) is 18.8 Å². The number of hydrogen-bond acceptors (Lipinski definition) is 5. The fourth-order valence-electron chi connectivity index (χ4n) is 2.46. The summed E-state index contributed by atoms with van der Waals surface area (Å²) in [7, 11) is 0. The van der Waals surface area contributed by atoms with E-state index in [9.17, 15) is 14.4 Å². The Labute approximate surface area is 136 Å². The lowest BCUT2D eigenvalue weighted by Gasteiger charge is -2.40. The Hall–Kier alpha value is -1.50. The molecule has 3 amide bonds. The third-order valence-corrected chi connectivity index (χ3v) is 4.39. The number of amides is 3. The quantitative estimate of drug-likeness (QED) is 0.573. The number of hydrogen-bond donors (Lipinski definition) is 1. The Morgan fingerprint density at radius 2 is 2.00 bits per heavy atom. The van der Waals surface area contributed by atoms with Gasteiger partial charge in [-0.2, -0.15) is 0 Å². The summed E-state index contributed by atoms with van der Waals surface area (Å²) in [5.41, 5.74) is -0.917. The number of nitrogens with one attached hydrogen (secondary N) is 1. The van der Waals surface area contributed by atoms with Crippen LogP contribution in [0.2, 0.25) is 0 Å². The Balaban J connectivity index is 3.01. The molecule has 7 heteroatoms. The van der Waals surface area contributed by atoms with Gasteiger partial charge in [0, 0.05) is 0 Å². The maximum atomic E-state index is 12.8. The lowest BCUT2D eigenvalue weighted by Crippen LogP contribution is -2.64. The maximum Gasteiger partial charge on any atom is 0.329 e. The molecule has 1 saturated heterocycles. The molecule has 0 aromatic carbocycles. The Morgan fingerprint density at radius 3 is 2.50 bits per heavy atom. The van der Waals surface area contributed by atoms with Crippen LogP contribution in [-0.2, 0) is 14.3 Å². The first-order valence-corrected chi connectivity index (χ1v) is 8.02. The Morgan fingerprint density at radius 1 is 1.36 bits per heavy atom. The summed E-state index contributed by atoms with van der Waals surface area (Å²) in [4.78, 5) is 37.6. The third-order valence-electron chi connectivity index (χ3n) is 3.90. The minimum atomic E-state index is -0.917. The molecule has 1 aliphatic heterocycles. The molecule has 124 valence electrons. The van der Waals surface area contributed by atoms with Gasteiger partial charge in [-0.05, 0) is 32.1 Å². The summed E-state index contributed by atoms with van der Waals surface area (Å²) >= 11 is 5.27. The predicted octanol–water partition coefficient (Wildman–Crippen LogP) is 2.26. The van der Waals surface area contributed by atoms with Gasteiger partial charge < -0.3 is 10.1 Å². The summed E-state index contributed by atoms with van der Waals surface area (Å²) in [6, 6.07) is -0.656. The molecule has 1 heterocycles. The molecular weight excluding hydrogens is 304 g/mol. The molecule has 0 spiro atoms. The van der Waals surface area contributed by atoms with Crippen molar-refractivity contribution in [1.29, 1.82) is 0 Å². The van der Waals surface area contributed by atoms with E-state index in [1.807, 2.05) is 6.92 Å². The van der Waals surface area contributed by atoms with Crippen molar-refractivity contribution >= 4 is 35.1 Å². The number of carbonyl (C=O) groups is 3. The van der Waals surface area contributed by atoms with E-state index in [1.54, 1.807) is 6.92 Å². The van der Waals surface area contributed by atoms with Gasteiger partial charge in [0.1, 0.15) is 12.0 Å². The van der Waals surface area contributed by atoms with Crippen LogP contribution in [0.3, 0.4) is 0 Å². The SMILES string of the molecule is CCOC(=O)CN1C(=O)NC(=S)C(CC)(CCC(C)C)C1=O. The van der Waals surface area contributed by atoms with Gasteiger partial charge in [-0.3, -0.25) is 14.5 Å². The number of carbonyl (C=O) groups excluding carboxylic acids is 3. The van der Waals surface area contributed by atoms with Crippen LogP contribution in [0.1, 0.15) is 47.0 Å². The smallest absolute Gasteiger partial charge is 0.329 e. The van der Waals surface area contributed by atoms with Crippen molar-refractivity contribution in [3.63, 3.8) is 0 Å². The third kappa shape index (κ3) is 3.82. The molecule has 0 saturated carbocycles. The topological polar surface area (TPSA) is 75.7 Å². The second-order valence-corrected chi connectivity index (χ2v) is 6.23. The van der Waals surface area contributed by atoms with Gasteiger partial charge >= 0.3 is 12.0 Å². The number of urea groups is 1. The zero-order chi connectivity index (χ0) is 16.9. The molecule has 1 unspecified atom stereocenters. The first-order valence-electron chi connectivity index (χ1n) is 7.61. The standard InChI is InChI=1S/C15H24N2O4S/c1-5-15(8-7-10(3)4)12(22)16-14(20)17(13(15)19)9-11(18)21-6-2/h10H,5-9H2,1-4H3,(H,16,20,22). The summed E-state index contributed by atoms with van der Waals surface area (Å²) in [5, 5.41) is 2.56. The molecule has 1 fully saturated rings. The highest BCUT2D eigenvalue weighted by atomic mass is 32.1. The summed E-state index contributed by atoms with van der Waals surface area (Å²) in [6.45, 7) is 7.48. The molecule has 1 N–H and O–H groups in total. The molecule has 6 nitrogen and oxygen atoms in total. The second-order valence-electron chi connectivity index (χ2n) is 5.82. The fourth-order valence-corrected chi connectivity index (χ4v) is 2.88. The van der Waals surface area contributed by atoms with Crippen molar-refractivity contribution in [2.75, 3.05) is 13.2 Å². The van der Waals surface area contributed by atoms with Crippen molar-refractivity contribution in [1.82, 2.24) is 10.2 Å². The van der Waals surface area contributed by atoms with Crippen LogP contribution in [0.4, 0.5) is 4.79 Å². The summed E-state index contributed by atoms with van der Waals surface area (Å²) < 4.78 is 4.82. The fraction of sp³-hybridized carbons (Fsp3) is 0.733. The van der Waals surface area contributed by atoms with Gasteiger partial charge in [0.25, 0.3) is 0 Å². The Kier molecular flexibility index (Phi) is 6.47. The van der Waals surface area contributed by atoms with Crippen LogP contribution >= 0.6 is 12.2 Å². The largest absolute Gasteiger partial charge is 0.465 e. The van der Waals surface area contributed by atoms with Crippen molar-refractivity contribution in [2.45, 2.75) is 47.0 Å². The van der Waals surface area contributed by atoms with E-state index >= 15 is 0 Å². The number of thiocarbonyl (C=S) groups is 1. The normalized spacial score (nSPS) is 22.0. The monoisotopic (exact) mass is 328 g/mol. The van der Waals surface area contributed by atoms with E-state index < -0.39 is 23.3 Å². The van der Waals surface area contributed by atoms with Crippen molar-refractivity contribution in [3.05, 3.63) is 0 Å².